The second-order valence-corrected chi connectivity index (χ2v) is 7.17. The van der Waals surface area contributed by atoms with Crippen LogP contribution in [0.25, 0.3) is 0 Å². The minimum Gasteiger partial charge on any atom is -0.375 e. The SMILES string of the molecule is CCN(C)c1cccc(NC(=O)NC2CCSc3ccc(F)cc32)c1. The van der Waals surface area contributed by atoms with Crippen molar-refractivity contribution in [3.05, 3.63) is 53.8 Å². The van der Waals surface area contributed by atoms with Gasteiger partial charge in [0.2, 0.25) is 0 Å². The van der Waals surface area contributed by atoms with Gasteiger partial charge in [0, 0.05) is 35.6 Å². The van der Waals surface area contributed by atoms with Crippen LogP contribution in [0.2, 0.25) is 0 Å². The summed E-state index contributed by atoms with van der Waals surface area (Å²) < 4.78 is 13.6. The largest absolute Gasteiger partial charge is 0.375 e. The van der Waals surface area contributed by atoms with E-state index in [9.17, 15) is 9.18 Å². The maximum Gasteiger partial charge on any atom is 0.319 e. The van der Waals surface area contributed by atoms with E-state index in [4.69, 9.17) is 0 Å². The van der Waals surface area contributed by atoms with Crippen LogP contribution >= 0.6 is 11.8 Å². The summed E-state index contributed by atoms with van der Waals surface area (Å²) in [5.74, 6) is 0.629. The quantitative estimate of drug-likeness (QED) is 0.836. The van der Waals surface area contributed by atoms with Gasteiger partial charge >= 0.3 is 6.03 Å². The Labute approximate surface area is 151 Å². The van der Waals surface area contributed by atoms with E-state index in [2.05, 4.69) is 22.5 Å². The van der Waals surface area contributed by atoms with Gasteiger partial charge in [0.15, 0.2) is 0 Å². The molecule has 0 saturated carbocycles. The second-order valence-electron chi connectivity index (χ2n) is 6.03. The number of thioether (sulfide) groups is 1. The molecule has 1 aliphatic rings. The molecular formula is C19H22FN3OS. The van der Waals surface area contributed by atoms with Gasteiger partial charge in [-0.15, -0.1) is 11.8 Å². The first-order valence-electron chi connectivity index (χ1n) is 8.38. The molecule has 2 aromatic carbocycles. The van der Waals surface area contributed by atoms with Gasteiger partial charge in [-0.1, -0.05) is 6.07 Å². The summed E-state index contributed by atoms with van der Waals surface area (Å²) in [5.41, 5.74) is 2.63. The Bertz CT molecular complexity index is 768. The molecule has 4 nitrogen and oxygen atoms in total. The van der Waals surface area contributed by atoms with E-state index in [1.807, 2.05) is 31.3 Å². The Hall–Kier alpha value is -2.21. The van der Waals surface area contributed by atoms with E-state index in [1.165, 1.54) is 12.1 Å². The number of nitrogens with one attached hydrogen (secondary N) is 2. The van der Waals surface area contributed by atoms with Gasteiger partial charge in [-0.3, -0.25) is 0 Å². The molecule has 1 heterocycles. The van der Waals surface area contributed by atoms with E-state index in [0.29, 0.717) is 0 Å². The topological polar surface area (TPSA) is 44.4 Å². The van der Waals surface area contributed by atoms with Gasteiger partial charge in [-0.2, -0.15) is 0 Å². The Morgan fingerprint density at radius 3 is 2.96 bits per heavy atom. The number of nitrogens with zero attached hydrogens (tertiary/aromatic N) is 1. The molecule has 0 bridgehead atoms. The summed E-state index contributed by atoms with van der Waals surface area (Å²) in [6.07, 6.45) is 0.785. The number of halogens is 1. The molecule has 1 atom stereocenters. The molecule has 0 spiro atoms. The fraction of sp³-hybridized carbons (Fsp3) is 0.316. The maximum atomic E-state index is 13.6. The summed E-state index contributed by atoms with van der Waals surface area (Å²) in [6, 6.07) is 12.0. The van der Waals surface area contributed by atoms with Crippen LogP contribution in [-0.2, 0) is 0 Å². The molecule has 0 saturated heterocycles. The highest BCUT2D eigenvalue weighted by atomic mass is 32.2. The minimum absolute atomic E-state index is 0.173. The molecule has 1 unspecified atom stereocenters. The van der Waals surface area contributed by atoms with Gasteiger partial charge < -0.3 is 15.5 Å². The molecular weight excluding hydrogens is 337 g/mol. The molecule has 6 heteroatoms. The molecule has 2 amide bonds. The smallest absolute Gasteiger partial charge is 0.319 e. The lowest BCUT2D eigenvalue weighted by Crippen LogP contribution is -2.34. The van der Waals surface area contributed by atoms with E-state index in [1.54, 1.807) is 17.8 Å². The van der Waals surface area contributed by atoms with Crippen molar-refractivity contribution in [3.63, 3.8) is 0 Å². The summed E-state index contributed by atoms with van der Waals surface area (Å²) in [5, 5.41) is 5.85. The Morgan fingerprint density at radius 1 is 1.32 bits per heavy atom. The number of hydrogen-bond acceptors (Lipinski definition) is 3. The average Bonchev–Trinajstić information content (AvgIpc) is 2.61. The van der Waals surface area contributed by atoms with Crippen molar-refractivity contribution in [1.82, 2.24) is 5.32 Å². The highest BCUT2D eigenvalue weighted by Crippen LogP contribution is 2.36. The lowest BCUT2D eigenvalue weighted by Gasteiger charge is -2.26. The summed E-state index contributed by atoms with van der Waals surface area (Å²) >= 11 is 1.70. The monoisotopic (exact) mass is 359 g/mol. The third kappa shape index (κ3) is 4.25. The van der Waals surface area contributed by atoms with E-state index in [0.717, 1.165) is 40.6 Å². The van der Waals surface area contributed by atoms with Crippen LogP contribution in [0.3, 0.4) is 0 Å². The van der Waals surface area contributed by atoms with Crippen molar-refractivity contribution in [1.29, 1.82) is 0 Å². The standard InChI is InChI=1S/C19H22FN3OS/c1-3-23(2)15-6-4-5-14(12-15)21-19(24)22-17-9-10-25-18-8-7-13(20)11-16(17)18/h4-8,11-12,17H,3,9-10H2,1-2H3,(H2,21,22,24). The Kier molecular flexibility index (Phi) is 5.48. The third-order valence-electron chi connectivity index (χ3n) is 4.34. The first-order chi connectivity index (χ1) is 12.1. The molecule has 2 N–H and O–H groups in total. The van der Waals surface area contributed by atoms with Gasteiger partial charge in [0.05, 0.1) is 6.04 Å². The van der Waals surface area contributed by atoms with Crippen LogP contribution < -0.4 is 15.5 Å². The van der Waals surface area contributed by atoms with Crippen LogP contribution in [0.15, 0.2) is 47.4 Å². The van der Waals surface area contributed by atoms with Crippen LogP contribution in [-0.4, -0.2) is 25.4 Å². The number of urea groups is 1. The van der Waals surface area contributed by atoms with E-state index >= 15 is 0 Å². The number of carbonyl (C=O) groups excluding carboxylic acids is 1. The van der Waals surface area contributed by atoms with Crippen molar-refractivity contribution < 1.29 is 9.18 Å². The lowest BCUT2D eigenvalue weighted by molar-refractivity contribution is 0.248. The number of anilines is 2. The van der Waals surface area contributed by atoms with Crippen molar-refractivity contribution in [2.75, 3.05) is 29.6 Å². The molecule has 132 valence electrons. The number of benzene rings is 2. The first-order valence-corrected chi connectivity index (χ1v) is 9.36. The van der Waals surface area contributed by atoms with Crippen molar-refractivity contribution in [2.24, 2.45) is 0 Å². The molecule has 25 heavy (non-hydrogen) atoms. The molecule has 0 aliphatic carbocycles. The Balaban J connectivity index is 1.69. The molecule has 0 aromatic heterocycles. The third-order valence-corrected chi connectivity index (χ3v) is 5.46. The van der Waals surface area contributed by atoms with Gasteiger partial charge in [0.1, 0.15) is 5.82 Å². The maximum absolute atomic E-state index is 13.6. The van der Waals surface area contributed by atoms with Crippen LogP contribution in [0, 0.1) is 5.82 Å². The number of hydrogen-bond donors (Lipinski definition) is 2. The predicted molar refractivity (Wildman–Crippen MR) is 102 cm³/mol. The molecule has 0 fully saturated rings. The average molecular weight is 359 g/mol. The number of carbonyl (C=O) groups is 1. The summed E-state index contributed by atoms with van der Waals surface area (Å²) in [4.78, 5) is 15.5. The minimum atomic E-state index is -0.275. The second kappa shape index (κ2) is 7.78. The number of rotatable bonds is 4. The first kappa shape index (κ1) is 17.6. The van der Waals surface area contributed by atoms with Gasteiger partial charge in [-0.25, -0.2) is 9.18 Å². The van der Waals surface area contributed by atoms with Crippen molar-refractivity contribution in [3.8, 4) is 0 Å². The molecule has 0 radical (unpaired) electrons. The highest BCUT2D eigenvalue weighted by molar-refractivity contribution is 7.99. The predicted octanol–water partition coefficient (Wildman–Crippen LogP) is 4.64. The van der Waals surface area contributed by atoms with E-state index in [-0.39, 0.29) is 17.9 Å². The van der Waals surface area contributed by atoms with Crippen LogP contribution in [0.1, 0.15) is 24.9 Å². The van der Waals surface area contributed by atoms with Crippen LogP contribution in [0.5, 0.6) is 0 Å². The molecule has 3 rings (SSSR count). The van der Waals surface area contributed by atoms with Gasteiger partial charge in [0.25, 0.3) is 0 Å². The van der Waals surface area contributed by atoms with E-state index < -0.39 is 0 Å². The van der Waals surface area contributed by atoms with Gasteiger partial charge in [-0.05, 0) is 55.3 Å². The van der Waals surface area contributed by atoms with Crippen molar-refractivity contribution >= 4 is 29.2 Å². The number of amides is 2. The summed E-state index contributed by atoms with van der Waals surface area (Å²) in [6.45, 7) is 2.96. The normalized spacial score (nSPS) is 16.0. The zero-order valence-corrected chi connectivity index (χ0v) is 15.2. The highest BCUT2D eigenvalue weighted by Gasteiger charge is 2.23. The van der Waals surface area contributed by atoms with Crippen molar-refractivity contribution in [2.45, 2.75) is 24.3 Å². The Morgan fingerprint density at radius 2 is 2.16 bits per heavy atom. The molecule has 2 aromatic rings. The molecule has 1 aliphatic heterocycles. The lowest BCUT2D eigenvalue weighted by atomic mass is 10.0. The zero-order valence-electron chi connectivity index (χ0n) is 14.4. The van der Waals surface area contributed by atoms with Crippen LogP contribution in [0.4, 0.5) is 20.6 Å². The zero-order chi connectivity index (χ0) is 17.8. The summed E-state index contributed by atoms with van der Waals surface area (Å²) in [7, 11) is 2.00. The fourth-order valence-electron chi connectivity index (χ4n) is 2.84. The number of fused-ring (bicyclic) bond motifs is 1. The fourth-order valence-corrected chi connectivity index (χ4v) is 3.95.